The summed E-state index contributed by atoms with van der Waals surface area (Å²) in [7, 11) is 0. The highest BCUT2D eigenvalue weighted by atomic mass is 35.5. The van der Waals surface area contributed by atoms with Crippen molar-refractivity contribution < 1.29 is 18.0 Å². The van der Waals surface area contributed by atoms with Gasteiger partial charge in [0.25, 0.3) is 0 Å². The lowest BCUT2D eigenvalue weighted by Gasteiger charge is -2.15. The summed E-state index contributed by atoms with van der Waals surface area (Å²) >= 11 is 0. The molecular formula is C8H8ClF3N4O. The van der Waals surface area contributed by atoms with Gasteiger partial charge in [-0.05, 0) is 23.8 Å². The third kappa shape index (κ3) is 2.92. The van der Waals surface area contributed by atoms with Crippen molar-refractivity contribution in [2.75, 3.05) is 5.12 Å². The smallest absolute Gasteiger partial charge is 0.348 e. The molecule has 1 fully saturated rings. The molecule has 0 aliphatic carbocycles. The Labute approximate surface area is 100 Å². The van der Waals surface area contributed by atoms with Crippen molar-refractivity contribution in [3.8, 4) is 0 Å². The zero-order valence-electron chi connectivity index (χ0n) is 8.21. The molecule has 9 heteroatoms. The van der Waals surface area contributed by atoms with Gasteiger partial charge < -0.3 is 4.84 Å². The van der Waals surface area contributed by atoms with Crippen LogP contribution in [0.5, 0.6) is 0 Å². The fourth-order valence-corrected chi connectivity index (χ4v) is 1.18. The predicted octanol–water partition coefficient (Wildman–Crippen LogP) is 1.82. The Kier molecular flexibility index (Phi) is 3.69. The van der Waals surface area contributed by atoms with Crippen molar-refractivity contribution in [2.45, 2.75) is 6.18 Å². The Morgan fingerprint density at radius 1 is 1.29 bits per heavy atom. The van der Waals surface area contributed by atoms with Gasteiger partial charge in [-0.2, -0.15) is 18.3 Å². The van der Waals surface area contributed by atoms with E-state index in [9.17, 15) is 13.2 Å². The molecule has 1 aliphatic heterocycles. The molecule has 0 amide bonds. The van der Waals surface area contributed by atoms with Crippen LogP contribution in [0.1, 0.15) is 5.56 Å². The van der Waals surface area contributed by atoms with Gasteiger partial charge in [0, 0.05) is 0 Å². The van der Waals surface area contributed by atoms with E-state index in [0.717, 1.165) is 17.3 Å². The fraction of sp³-hybridized carbons (Fsp3) is 0.125. The first-order valence-electron chi connectivity index (χ1n) is 4.22. The van der Waals surface area contributed by atoms with Crippen molar-refractivity contribution in [1.29, 1.82) is 5.41 Å². The first kappa shape index (κ1) is 13.4. The van der Waals surface area contributed by atoms with Gasteiger partial charge in [-0.15, -0.1) is 12.4 Å². The highest BCUT2D eigenvalue weighted by Gasteiger charge is 2.31. The number of amidine groups is 1. The molecule has 1 aliphatic rings. The van der Waals surface area contributed by atoms with Gasteiger partial charge in [0.05, 0.1) is 11.3 Å². The lowest BCUT2D eigenvalue weighted by Crippen LogP contribution is -2.38. The average Bonchev–Trinajstić information content (AvgIpc) is 2.64. The Morgan fingerprint density at radius 2 is 2.00 bits per heavy atom. The number of hydrogen-bond donors (Lipinski definition) is 3. The highest BCUT2D eigenvalue weighted by molar-refractivity contribution is 5.85. The second kappa shape index (κ2) is 4.68. The van der Waals surface area contributed by atoms with Crippen LogP contribution in [0, 0.1) is 5.41 Å². The number of hydrazine groups is 2. The maximum atomic E-state index is 12.4. The van der Waals surface area contributed by atoms with Gasteiger partial charge in [-0.1, -0.05) is 6.07 Å². The molecule has 0 spiro atoms. The molecule has 94 valence electrons. The molecule has 0 radical (unpaired) electrons. The Morgan fingerprint density at radius 3 is 2.53 bits per heavy atom. The van der Waals surface area contributed by atoms with Crippen LogP contribution in [0.25, 0.3) is 0 Å². The van der Waals surface area contributed by atoms with Gasteiger partial charge >= 0.3 is 12.2 Å². The van der Waals surface area contributed by atoms with E-state index in [4.69, 9.17) is 5.41 Å². The number of hydrogen-bond acceptors (Lipinski definition) is 4. The van der Waals surface area contributed by atoms with E-state index in [1.807, 2.05) is 0 Å². The van der Waals surface area contributed by atoms with Crippen molar-refractivity contribution in [1.82, 2.24) is 11.0 Å². The van der Waals surface area contributed by atoms with Crippen LogP contribution in [0.15, 0.2) is 24.3 Å². The van der Waals surface area contributed by atoms with E-state index in [2.05, 4.69) is 15.9 Å². The quantitative estimate of drug-likeness (QED) is 0.727. The molecule has 1 saturated heterocycles. The molecule has 0 bridgehead atoms. The Bertz CT molecular complexity index is 425. The Balaban J connectivity index is 0.00000144. The van der Waals surface area contributed by atoms with Gasteiger partial charge in [-0.25, -0.2) is 10.8 Å². The molecule has 0 atom stereocenters. The van der Waals surface area contributed by atoms with Crippen LogP contribution in [0.2, 0.25) is 0 Å². The van der Waals surface area contributed by atoms with Gasteiger partial charge in [0.1, 0.15) is 0 Å². The molecule has 17 heavy (non-hydrogen) atoms. The first-order valence-corrected chi connectivity index (χ1v) is 4.22. The maximum absolute atomic E-state index is 12.4. The monoisotopic (exact) mass is 268 g/mol. The zero-order valence-corrected chi connectivity index (χ0v) is 9.02. The van der Waals surface area contributed by atoms with Crippen LogP contribution in [-0.2, 0) is 11.0 Å². The van der Waals surface area contributed by atoms with E-state index >= 15 is 0 Å². The van der Waals surface area contributed by atoms with Gasteiger partial charge in [0.2, 0.25) is 0 Å². The lowest BCUT2D eigenvalue weighted by molar-refractivity contribution is -0.137. The summed E-state index contributed by atoms with van der Waals surface area (Å²) in [5.74, 6) is 0. The summed E-state index contributed by atoms with van der Waals surface area (Å²) in [4.78, 5) is 4.51. The van der Waals surface area contributed by atoms with Crippen LogP contribution in [0.3, 0.4) is 0 Å². The minimum Gasteiger partial charge on any atom is -0.348 e. The van der Waals surface area contributed by atoms with Crippen LogP contribution >= 0.6 is 12.4 Å². The van der Waals surface area contributed by atoms with Crippen molar-refractivity contribution in [2.24, 2.45) is 0 Å². The van der Waals surface area contributed by atoms with Crippen LogP contribution in [-0.4, -0.2) is 6.02 Å². The molecule has 0 aromatic heterocycles. The minimum absolute atomic E-state index is 0. The van der Waals surface area contributed by atoms with E-state index in [0.29, 0.717) is 0 Å². The lowest BCUT2D eigenvalue weighted by atomic mass is 10.2. The molecule has 1 aromatic rings. The third-order valence-electron chi connectivity index (χ3n) is 1.88. The second-order valence-electron chi connectivity index (χ2n) is 3.02. The molecule has 1 aromatic carbocycles. The standard InChI is InChI=1S/C8H7F3N4O.ClH/c9-8(10,11)5-2-1-3-6(4-5)15-13-7(12)16-14-15;/h1-4,14H,(H2,12,13);1H. The molecule has 5 nitrogen and oxygen atoms in total. The summed E-state index contributed by atoms with van der Waals surface area (Å²) in [6.45, 7) is 0. The van der Waals surface area contributed by atoms with E-state index in [-0.39, 0.29) is 24.1 Å². The number of rotatable bonds is 1. The highest BCUT2D eigenvalue weighted by Crippen LogP contribution is 2.31. The maximum Gasteiger partial charge on any atom is 0.416 e. The van der Waals surface area contributed by atoms with E-state index in [1.54, 1.807) is 0 Å². The molecule has 0 saturated carbocycles. The number of alkyl halides is 3. The van der Waals surface area contributed by atoms with Gasteiger partial charge in [0.15, 0.2) is 0 Å². The van der Waals surface area contributed by atoms with Crippen molar-refractivity contribution in [3.63, 3.8) is 0 Å². The van der Waals surface area contributed by atoms with E-state index < -0.39 is 11.7 Å². The summed E-state index contributed by atoms with van der Waals surface area (Å²) in [6, 6.07) is 4.31. The number of halogens is 4. The molecule has 1 heterocycles. The zero-order chi connectivity index (χ0) is 11.8. The summed E-state index contributed by atoms with van der Waals surface area (Å²) in [6.07, 6.45) is -4.40. The van der Waals surface area contributed by atoms with Crippen LogP contribution in [0.4, 0.5) is 18.9 Å². The van der Waals surface area contributed by atoms with Crippen molar-refractivity contribution in [3.05, 3.63) is 29.8 Å². The minimum atomic E-state index is -4.40. The van der Waals surface area contributed by atoms with Crippen molar-refractivity contribution >= 4 is 24.1 Å². The molecule has 0 unspecified atom stereocenters. The normalized spacial score (nSPS) is 15.0. The SMILES string of the molecule is Cl.N=C1NN(c2cccc(C(F)(F)F)c2)NO1. The Hall–Kier alpha value is -1.67. The largest absolute Gasteiger partial charge is 0.416 e. The summed E-state index contributed by atoms with van der Waals surface area (Å²) in [5, 5.41) is 8.11. The third-order valence-corrected chi connectivity index (χ3v) is 1.88. The molecular weight excluding hydrogens is 261 g/mol. The average molecular weight is 269 g/mol. The number of benzene rings is 1. The van der Waals surface area contributed by atoms with Crippen LogP contribution < -0.4 is 16.1 Å². The summed E-state index contributed by atoms with van der Waals surface area (Å²) in [5.41, 5.74) is 4.02. The number of anilines is 1. The molecule has 3 N–H and O–H groups in total. The first-order chi connectivity index (χ1) is 7.47. The molecule has 2 rings (SSSR count). The number of nitrogens with one attached hydrogen (secondary N) is 3. The summed E-state index contributed by atoms with van der Waals surface area (Å²) < 4.78 is 37.2. The van der Waals surface area contributed by atoms with E-state index in [1.165, 1.54) is 12.1 Å². The fourth-order valence-electron chi connectivity index (χ4n) is 1.18. The number of nitrogens with zero attached hydrogens (tertiary/aromatic N) is 1. The topological polar surface area (TPSA) is 60.4 Å². The van der Waals surface area contributed by atoms with Gasteiger partial charge in [-0.3, -0.25) is 0 Å². The predicted molar refractivity (Wildman–Crippen MR) is 56.3 cm³/mol. The second-order valence-corrected chi connectivity index (χ2v) is 3.02.